The van der Waals surface area contributed by atoms with Gasteiger partial charge in [-0.25, -0.2) is 9.59 Å². The second-order valence-corrected chi connectivity index (χ2v) is 5.89. The fraction of sp³-hybridized carbons (Fsp3) is 0.600. The smallest absolute Gasteiger partial charge is 0.456 e. The Morgan fingerprint density at radius 3 is 1.68 bits per heavy atom. The molecule has 0 N–H and O–H groups in total. The summed E-state index contributed by atoms with van der Waals surface area (Å²) in [6, 6.07) is 0. The number of esters is 2. The summed E-state index contributed by atoms with van der Waals surface area (Å²) >= 11 is 0. The van der Waals surface area contributed by atoms with Crippen LogP contribution in [0, 0.1) is 5.41 Å². The second-order valence-electron chi connectivity index (χ2n) is 5.89. The van der Waals surface area contributed by atoms with Crippen LogP contribution in [0.1, 0.15) is 13.8 Å². The van der Waals surface area contributed by atoms with Crippen molar-refractivity contribution in [3.05, 3.63) is 24.3 Å². The van der Waals surface area contributed by atoms with E-state index in [0.29, 0.717) is 0 Å². The van der Waals surface area contributed by atoms with E-state index < -0.39 is 55.4 Å². The first-order valence-electron chi connectivity index (χ1n) is 6.96. The summed E-state index contributed by atoms with van der Waals surface area (Å²) in [7, 11) is 0. The number of ether oxygens (including phenoxy) is 3. The monoisotopic (exact) mass is 372 g/mol. The number of hydrogen-bond acceptors (Lipinski definition) is 5. The first-order valence-corrected chi connectivity index (χ1v) is 6.96. The van der Waals surface area contributed by atoms with Crippen LogP contribution in [0.4, 0.5) is 22.0 Å². The lowest BCUT2D eigenvalue weighted by Gasteiger charge is -2.50. The predicted molar refractivity (Wildman–Crippen MR) is 74.7 cm³/mol. The molecule has 0 aliphatic carbocycles. The summed E-state index contributed by atoms with van der Waals surface area (Å²) in [5.74, 6) is -7.19. The third kappa shape index (κ3) is 4.36. The molecule has 0 radical (unpaired) electrons. The van der Waals surface area contributed by atoms with Crippen LogP contribution in [0.3, 0.4) is 0 Å². The molecule has 1 heterocycles. The third-order valence-electron chi connectivity index (χ3n) is 3.48. The maximum atomic E-state index is 13.7. The Kier molecular flexibility index (Phi) is 5.99. The molecule has 1 saturated heterocycles. The van der Waals surface area contributed by atoms with Gasteiger partial charge in [0.15, 0.2) is 0 Å². The molecule has 0 spiro atoms. The predicted octanol–water partition coefficient (Wildman–Crippen LogP) is 2.81. The van der Waals surface area contributed by atoms with Gasteiger partial charge in [0.2, 0.25) is 0 Å². The first-order chi connectivity index (χ1) is 11.2. The molecule has 0 amide bonds. The van der Waals surface area contributed by atoms with Crippen LogP contribution in [0.2, 0.25) is 0 Å². The Hall–Kier alpha value is -1.97. The molecule has 25 heavy (non-hydrogen) atoms. The van der Waals surface area contributed by atoms with Gasteiger partial charge in [-0.15, -0.1) is 0 Å². The van der Waals surface area contributed by atoms with Crippen molar-refractivity contribution in [3.8, 4) is 0 Å². The molecule has 1 rings (SSSR count). The summed E-state index contributed by atoms with van der Waals surface area (Å²) in [4.78, 5) is 22.9. The number of alkyl halides is 5. The Morgan fingerprint density at radius 2 is 1.44 bits per heavy atom. The molecule has 1 aliphatic rings. The van der Waals surface area contributed by atoms with Gasteiger partial charge in [-0.05, 0) is 13.8 Å². The van der Waals surface area contributed by atoms with E-state index in [2.05, 4.69) is 17.9 Å². The van der Waals surface area contributed by atoms with Crippen LogP contribution in [0.25, 0.3) is 0 Å². The zero-order valence-electron chi connectivity index (χ0n) is 13.5. The standard InChI is InChI=1S/C15H17F5O5/c1-8(2)10(21)23-5-13(6-24-11(22)9(3)4)7-25-12(13)14(16,17)15(18,19)20/h12H,1,3,5-7H2,2,4H3. The number of hydrogen-bond donors (Lipinski definition) is 0. The third-order valence-corrected chi connectivity index (χ3v) is 3.48. The molecule has 10 heteroatoms. The molecule has 0 aromatic heterocycles. The fourth-order valence-corrected chi connectivity index (χ4v) is 1.98. The highest BCUT2D eigenvalue weighted by Crippen LogP contribution is 2.51. The zero-order chi connectivity index (χ0) is 19.6. The zero-order valence-corrected chi connectivity index (χ0v) is 13.5. The van der Waals surface area contributed by atoms with E-state index in [-0.39, 0.29) is 11.1 Å². The van der Waals surface area contributed by atoms with E-state index in [4.69, 9.17) is 9.47 Å². The second kappa shape index (κ2) is 7.11. The quantitative estimate of drug-likeness (QED) is 0.391. The fourth-order valence-electron chi connectivity index (χ4n) is 1.98. The minimum Gasteiger partial charge on any atom is -0.461 e. The Bertz CT molecular complexity index is 551. The molecule has 5 nitrogen and oxygen atoms in total. The van der Waals surface area contributed by atoms with Gasteiger partial charge >= 0.3 is 24.0 Å². The molecule has 0 bridgehead atoms. The minimum absolute atomic E-state index is 0.0755. The van der Waals surface area contributed by atoms with Crippen molar-refractivity contribution in [3.63, 3.8) is 0 Å². The number of carbonyl (C=O) groups is 2. The molecule has 0 aromatic rings. The Morgan fingerprint density at radius 1 is 1.04 bits per heavy atom. The van der Waals surface area contributed by atoms with Gasteiger partial charge < -0.3 is 14.2 Å². The summed E-state index contributed by atoms with van der Waals surface area (Å²) in [6.07, 6.45) is -8.56. The average molecular weight is 372 g/mol. The molecule has 0 aromatic carbocycles. The van der Waals surface area contributed by atoms with Crippen LogP contribution in [0.15, 0.2) is 24.3 Å². The lowest BCUT2D eigenvalue weighted by atomic mass is 9.76. The van der Waals surface area contributed by atoms with Gasteiger partial charge in [0.05, 0.1) is 12.0 Å². The highest BCUT2D eigenvalue weighted by molar-refractivity contribution is 5.87. The van der Waals surface area contributed by atoms with Gasteiger partial charge in [-0.3, -0.25) is 0 Å². The van der Waals surface area contributed by atoms with Crippen LogP contribution in [-0.4, -0.2) is 50.0 Å². The first kappa shape index (κ1) is 21.1. The van der Waals surface area contributed by atoms with Crippen LogP contribution < -0.4 is 0 Å². The van der Waals surface area contributed by atoms with Crippen molar-refractivity contribution < 1.29 is 45.8 Å². The van der Waals surface area contributed by atoms with E-state index in [0.717, 1.165) is 0 Å². The maximum Gasteiger partial charge on any atom is 0.456 e. The minimum atomic E-state index is -5.89. The van der Waals surface area contributed by atoms with E-state index in [1.807, 2.05) is 0 Å². The van der Waals surface area contributed by atoms with E-state index in [9.17, 15) is 31.5 Å². The van der Waals surface area contributed by atoms with Gasteiger partial charge in [0, 0.05) is 11.1 Å². The summed E-state index contributed by atoms with van der Waals surface area (Å²) in [5, 5.41) is 0. The number of rotatable bonds is 7. The van der Waals surface area contributed by atoms with Gasteiger partial charge in [0.1, 0.15) is 19.3 Å². The van der Waals surface area contributed by atoms with Crippen molar-refractivity contribution in [2.75, 3.05) is 19.8 Å². The highest BCUT2D eigenvalue weighted by atomic mass is 19.4. The van der Waals surface area contributed by atoms with Gasteiger partial charge in [-0.2, -0.15) is 22.0 Å². The van der Waals surface area contributed by atoms with E-state index >= 15 is 0 Å². The topological polar surface area (TPSA) is 61.8 Å². The number of carbonyl (C=O) groups excluding carboxylic acids is 2. The van der Waals surface area contributed by atoms with Gasteiger partial charge in [-0.1, -0.05) is 13.2 Å². The lowest BCUT2D eigenvalue weighted by molar-refractivity contribution is -0.378. The molecule has 1 aliphatic heterocycles. The molecule has 142 valence electrons. The van der Waals surface area contributed by atoms with Gasteiger partial charge in [0.25, 0.3) is 0 Å². The van der Waals surface area contributed by atoms with Crippen molar-refractivity contribution in [2.45, 2.75) is 32.1 Å². The maximum absolute atomic E-state index is 13.7. The average Bonchev–Trinajstić information content (AvgIpc) is 2.43. The van der Waals surface area contributed by atoms with E-state index in [1.165, 1.54) is 13.8 Å². The van der Waals surface area contributed by atoms with Crippen molar-refractivity contribution in [1.29, 1.82) is 0 Å². The van der Waals surface area contributed by atoms with E-state index in [1.54, 1.807) is 0 Å². The molecule has 1 unspecified atom stereocenters. The molecular formula is C15H17F5O5. The van der Waals surface area contributed by atoms with Crippen LogP contribution in [-0.2, 0) is 23.8 Å². The molecule has 1 fully saturated rings. The lowest BCUT2D eigenvalue weighted by Crippen LogP contribution is -2.68. The summed E-state index contributed by atoms with van der Waals surface area (Å²) < 4.78 is 79.1. The largest absolute Gasteiger partial charge is 0.461 e. The van der Waals surface area contributed by atoms with Crippen LogP contribution in [0.5, 0.6) is 0 Å². The molecular weight excluding hydrogens is 355 g/mol. The highest BCUT2D eigenvalue weighted by Gasteiger charge is 2.72. The Labute approximate surface area is 140 Å². The summed E-state index contributed by atoms with van der Waals surface area (Å²) in [6.45, 7) is 6.75. The summed E-state index contributed by atoms with van der Waals surface area (Å²) in [5.41, 5.74) is -2.20. The van der Waals surface area contributed by atoms with Crippen molar-refractivity contribution in [1.82, 2.24) is 0 Å². The normalized spacial score (nSPS) is 19.6. The Balaban J connectivity index is 3.03. The number of halogens is 5. The van der Waals surface area contributed by atoms with Crippen molar-refractivity contribution in [2.24, 2.45) is 5.41 Å². The van der Waals surface area contributed by atoms with Crippen LogP contribution >= 0.6 is 0 Å². The molecule has 1 atom stereocenters. The van der Waals surface area contributed by atoms with Crippen molar-refractivity contribution >= 4 is 11.9 Å². The molecule has 0 saturated carbocycles. The SMILES string of the molecule is C=C(C)C(=O)OCC1(COC(=O)C(=C)C)COC1C(F)(F)C(F)(F)F.